The maximum atomic E-state index is 13.0. The third-order valence-electron chi connectivity index (χ3n) is 2.58. The van der Waals surface area contributed by atoms with Crippen molar-refractivity contribution >= 4 is 33.4 Å². The molecular formula is C10H10F3N3O2S2. The predicted octanol–water partition coefficient (Wildman–Crippen LogP) is 2.15. The molecule has 1 N–H and O–H groups in total. The first-order valence-corrected chi connectivity index (χ1v) is 7.48. The lowest BCUT2D eigenvalue weighted by Crippen LogP contribution is -2.33. The van der Waals surface area contributed by atoms with Crippen LogP contribution in [0, 0.1) is 0 Å². The SMILES string of the molecule is CSc1nc2c(=O)n(C(C)CO)c(C(F)(F)F)nc2s1. The van der Waals surface area contributed by atoms with Gasteiger partial charge in [0.2, 0.25) is 5.82 Å². The van der Waals surface area contributed by atoms with Crippen LogP contribution in [-0.4, -0.2) is 32.5 Å². The van der Waals surface area contributed by atoms with Crippen molar-refractivity contribution in [3.8, 4) is 0 Å². The first-order valence-electron chi connectivity index (χ1n) is 5.44. The number of fused-ring (bicyclic) bond motifs is 1. The summed E-state index contributed by atoms with van der Waals surface area (Å²) in [5, 5.41) is 9.05. The van der Waals surface area contributed by atoms with Gasteiger partial charge in [-0.05, 0) is 13.2 Å². The van der Waals surface area contributed by atoms with E-state index in [4.69, 9.17) is 5.11 Å². The summed E-state index contributed by atoms with van der Waals surface area (Å²) in [6.07, 6.45) is -3.07. The fourth-order valence-corrected chi connectivity index (χ4v) is 3.06. The molecule has 0 radical (unpaired) electrons. The molecule has 0 saturated carbocycles. The molecule has 20 heavy (non-hydrogen) atoms. The topological polar surface area (TPSA) is 68.0 Å². The minimum absolute atomic E-state index is 0.0481. The first kappa shape index (κ1) is 15.3. The predicted molar refractivity (Wildman–Crippen MR) is 70.3 cm³/mol. The molecule has 1 unspecified atom stereocenters. The summed E-state index contributed by atoms with van der Waals surface area (Å²) in [7, 11) is 0. The quantitative estimate of drug-likeness (QED) is 0.876. The summed E-state index contributed by atoms with van der Waals surface area (Å²) < 4.78 is 40.0. The van der Waals surface area contributed by atoms with Gasteiger partial charge in [-0.1, -0.05) is 23.1 Å². The molecule has 0 fully saturated rings. The molecule has 2 aromatic rings. The van der Waals surface area contributed by atoms with E-state index in [2.05, 4.69) is 9.97 Å². The van der Waals surface area contributed by atoms with E-state index in [0.29, 0.717) is 8.91 Å². The van der Waals surface area contributed by atoms with Gasteiger partial charge in [-0.15, -0.1) is 0 Å². The van der Waals surface area contributed by atoms with E-state index in [1.54, 1.807) is 6.26 Å². The van der Waals surface area contributed by atoms with Crippen LogP contribution in [0.5, 0.6) is 0 Å². The maximum Gasteiger partial charge on any atom is 0.449 e. The van der Waals surface area contributed by atoms with Crippen LogP contribution in [-0.2, 0) is 6.18 Å². The highest BCUT2D eigenvalue weighted by molar-refractivity contribution is 8.00. The molecule has 0 bridgehead atoms. The van der Waals surface area contributed by atoms with Crippen molar-refractivity contribution < 1.29 is 18.3 Å². The standard InChI is InChI=1S/C10H10F3N3O2S2/c1-4(3-17)16-7(18)5-6(20-9(14-5)19-2)15-8(16)10(11,12)13/h4,17H,3H2,1-2H3. The fraction of sp³-hybridized carbons (Fsp3) is 0.500. The third kappa shape index (κ3) is 2.54. The summed E-state index contributed by atoms with van der Waals surface area (Å²) >= 11 is 2.16. The molecule has 0 spiro atoms. The smallest absolute Gasteiger partial charge is 0.394 e. The molecule has 0 aliphatic rings. The molecule has 1 atom stereocenters. The maximum absolute atomic E-state index is 13.0. The van der Waals surface area contributed by atoms with Crippen molar-refractivity contribution in [1.82, 2.24) is 14.5 Å². The van der Waals surface area contributed by atoms with Gasteiger partial charge in [0, 0.05) is 0 Å². The third-order valence-corrected chi connectivity index (χ3v) is 4.51. The van der Waals surface area contributed by atoms with Gasteiger partial charge in [-0.25, -0.2) is 9.97 Å². The van der Waals surface area contributed by atoms with E-state index in [1.165, 1.54) is 18.7 Å². The Hall–Kier alpha value is -1.13. The zero-order valence-electron chi connectivity index (χ0n) is 10.4. The van der Waals surface area contributed by atoms with Crippen molar-refractivity contribution in [1.29, 1.82) is 0 Å². The molecule has 0 amide bonds. The highest BCUT2D eigenvalue weighted by atomic mass is 32.2. The molecule has 0 aliphatic heterocycles. The Morgan fingerprint density at radius 2 is 2.10 bits per heavy atom. The fourth-order valence-electron chi connectivity index (χ4n) is 1.65. The lowest BCUT2D eigenvalue weighted by atomic mass is 10.3. The van der Waals surface area contributed by atoms with Crippen LogP contribution in [0.1, 0.15) is 18.8 Å². The van der Waals surface area contributed by atoms with Crippen LogP contribution >= 0.6 is 23.1 Å². The zero-order chi connectivity index (χ0) is 15.1. The number of alkyl halides is 3. The molecular weight excluding hydrogens is 315 g/mol. The summed E-state index contributed by atoms with van der Waals surface area (Å²) in [5.74, 6) is -1.31. The van der Waals surface area contributed by atoms with Gasteiger partial charge in [-0.2, -0.15) is 13.2 Å². The number of hydrogen-bond donors (Lipinski definition) is 1. The van der Waals surface area contributed by atoms with Crippen molar-refractivity contribution in [3.05, 3.63) is 16.2 Å². The van der Waals surface area contributed by atoms with Gasteiger partial charge in [-0.3, -0.25) is 9.36 Å². The highest BCUT2D eigenvalue weighted by Crippen LogP contribution is 2.32. The number of aliphatic hydroxyl groups excluding tert-OH is 1. The minimum atomic E-state index is -4.78. The number of rotatable bonds is 3. The van der Waals surface area contributed by atoms with Gasteiger partial charge >= 0.3 is 6.18 Å². The Bertz CT molecular complexity index is 695. The second-order valence-electron chi connectivity index (χ2n) is 3.98. The Balaban J connectivity index is 2.85. The van der Waals surface area contributed by atoms with Crippen LogP contribution in [0.25, 0.3) is 10.3 Å². The van der Waals surface area contributed by atoms with Crippen LogP contribution in [0.15, 0.2) is 9.13 Å². The number of halogens is 3. The van der Waals surface area contributed by atoms with Gasteiger partial charge in [0.05, 0.1) is 12.6 Å². The van der Waals surface area contributed by atoms with Gasteiger partial charge in [0.15, 0.2) is 14.7 Å². The molecule has 2 rings (SSSR count). The minimum Gasteiger partial charge on any atom is -0.394 e. The van der Waals surface area contributed by atoms with Gasteiger partial charge < -0.3 is 5.11 Å². The molecule has 0 aromatic carbocycles. The Morgan fingerprint density at radius 1 is 1.45 bits per heavy atom. The number of aliphatic hydroxyl groups is 1. The Morgan fingerprint density at radius 3 is 2.60 bits per heavy atom. The van der Waals surface area contributed by atoms with E-state index in [1.807, 2.05) is 0 Å². The molecule has 0 saturated heterocycles. The zero-order valence-corrected chi connectivity index (χ0v) is 12.1. The summed E-state index contributed by atoms with van der Waals surface area (Å²) in [6.45, 7) is 0.710. The summed E-state index contributed by atoms with van der Waals surface area (Å²) in [5.41, 5.74) is -0.993. The second-order valence-corrected chi connectivity index (χ2v) is 6.01. The number of aromatic nitrogens is 3. The van der Waals surface area contributed by atoms with Crippen molar-refractivity contribution in [2.45, 2.75) is 23.5 Å². The molecule has 0 aliphatic carbocycles. The van der Waals surface area contributed by atoms with Crippen molar-refractivity contribution in [2.24, 2.45) is 0 Å². The van der Waals surface area contributed by atoms with E-state index < -0.39 is 30.2 Å². The average molecular weight is 325 g/mol. The van der Waals surface area contributed by atoms with E-state index in [0.717, 1.165) is 11.3 Å². The largest absolute Gasteiger partial charge is 0.449 e. The Kier molecular flexibility index (Phi) is 4.07. The summed E-state index contributed by atoms with van der Waals surface area (Å²) in [4.78, 5) is 19.6. The monoisotopic (exact) mass is 325 g/mol. The van der Waals surface area contributed by atoms with Crippen LogP contribution < -0.4 is 5.56 Å². The van der Waals surface area contributed by atoms with Gasteiger partial charge in [0.1, 0.15) is 0 Å². The summed E-state index contributed by atoms with van der Waals surface area (Å²) in [6, 6.07) is -1.03. The normalized spacial score (nSPS) is 13.9. The molecule has 2 heterocycles. The van der Waals surface area contributed by atoms with Crippen LogP contribution in [0.4, 0.5) is 13.2 Å². The highest BCUT2D eigenvalue weighted by Gasteiger charge is 2.39. The number of hydrogen-bond acceptors (Lipinski definition) is 6. The molecule has 5 nitrogen and oxygen atoms in total. The Labute approximate surface area is 119 Å². The second kappa shape index (κ2) is 5.34. The number of thiazole rings is 1. The molecule has 110 valence electrons. The lowest BCUT2D eigenvalue weighted by molar-refractivity contribution is -0.148. The number of thioether (sulfide) groups is 1. The average Bonchev–Trinajstić information content (AvgIpc) is 2.80. The molecule has 2 aromatic heterocycles. The van der Waals surface area contributed by atoms with E-state index >= 15 is 0 Å². The van der Waals surface area contributed by atoms with Crippen molar-refractivity contribution in [2.75, 3.05) is 12.9 Å². The van der Waals surface area contributed by atoms with Crippen LogP contribution in [0.3, 0.4) is 0 Å². The van der Waals surface area contributed by atoms with Crippen molar-refractivity contribution in [3.63, 3.8) is 0 Å². The molecule has 10 heteroatoms. The first-order chi connectivity index (χ1) is 9.29. The van der Waals surface area contributed by atoms with E-state index in [9.17, 15) is 18.0 Å². The van der Waals surface area contributed by atoms with E-state index in [-0.39, 0.29) is 10.3 Å². The number of nitrogens with zero attached hydrogens (tertiary/aromatic N) is 3. The lowest BCUT2D eigenvalue weighted by Gasteiger charge is -2.18. The van der Waals surface area contributed by atoms with Crippen LogP contribution in [0.2, 0.25) is 0 Å². The van der Waals surface area contributed by atoms with Gasteiger partial charge in [0.25, 0.3) is 5.56 Å².